The molecule has 0 bridgehead atoms. The average Bonchev–Trinajstić information content (AvgIpc) is 2.27. The van der Waals surface area contributed by atoms with Crippen molar-refractivity contribution in [1.29, 1.82) is 0 Å². The molecule has 0 aliphatic rings. The van der Waals surface area contributed by atoms with Crippen LogP contribution in [0.4, 0.5) is 5.82 Å². The zero-order chi connectivity index (χ0) is 13.8. The van der Waals surface area contributed by atoms with E-state index in [9.17, 15) is 8.42 Å². The van der Waals surface area contributed by atoms with Gasteiger partial charge < -0.3 is 5.32 Å². The zero-order valence-corrected chi connectivity index (χ0v) is 13.2. The first kappa shape index (κ1) is 15.4. The van der Waals surface area contributed by atoms with Crippen molar-refractivity contribution in [1.82, 2.24) is 9.97 Å². The van der Waals surface area contributed by atoms with Crippen LogP contribution in [0.1, 0.15) is 31.8 Å². The van der Waals surface area contributed by atoms with Gasteiger partial charge in [-0.2, -0.15) is 0 Å². The summed E-state index contributed by atoms with van der Waals surface area (Å²) in [6.45, 7) is 4.82. The van der Waals surface area contributed by atoms with Crippen LogP contribution in [0.25, 0.3) is 0 Å². The maximum atomic E-state index is 11.3. The summed E-state index contributed by atoms with van der Waals surface area (Å²) >= 11 is 3.45. The summed E-state index contributed by atoms with van der Waals surface area (Å²) in [6, 6.07) is 0. The smallest absolute Gasteiger partial charge is 0.154 e. The molecule has 0 aliphatic carbocycles. The minimum Gasteiger partial charge on any atom is -0.369 e. The van der Waals surface area contributed by atoms with Gasteiger partial charge in [-0.25, -0.2) is 18.4 Å². The lowest BCUT2D eigenvalue weighted by molar-refractivity contribution is 0.599. The Kier molecular flexibility index (Phi) is 5.52. The van der Waals surface area contributed by atoms with Gasteiger partial charge in [-0.15, -0.1) is 0 Å². The van der Waals surface area contributed by atoms with Gasteiger partial charge in [-0.1, -0.05) is 13.8 Å². The molecule has 0 spiro atoms. The molecular weight excluding hydrogens is 318 g/mol. The maximum Gasteiger partial charge on any atom is 0.154 e. The van der Waals surface area contributed by atoms with Crippen molar-refractivity contribution in [2.75, 3.05) is 18.1 Å². The number of nitrogens with one attached hydrogen (secondary N) is 1. The van der Waals surface area contributed by atoms with Crippen LogP contribution in [-0.4, -0.2) is 31.2 Å². The van der Waals surface area contributed by atoms with Crippen molar-refractivity contribution in [2.24, 2.45) is 0 Å². The molecule has 0 atom stereocenters. The Morgan fingerprint density at radius 1 is 1.28 bits per heavy atom. The average molecular weight is 336 g/mol. The van der Waals surface area contributed by atoms with Crippen molar-refractivity contribution in [3.05, 3.63) is 16.0 Å². The van der Waals surface area contributed by atoms with Crippen LogP contribution < -0.4 is 5.32 Å². The first-order valence-electron chi connectivity index (χ1n) is 5.84. The van der Waals surface area contributed by atoms with Gasteiger partial charge in [0.25, 0.3) is 0 Å². The summed E-state index contributed by atoms with van der Waals surface area (Å²) in [5.41, 5.74) is 0.822. The van der Waals surface area contributed by atoms with Gasteiger partial charge in [0.2, 0.25) is 0 Å². The lowest BCUT2D eigenvalue weighted by Gasteiger charge is -2.11. The van der Waals surface area contributed by atoms with Gasteiger partial charge in [0.05, 0.1) is 10.2 Å². The van der Waals surface area contributed by atoms with Crippen molar-refractivity contribution < 1.29 is 8.42 Å². The van der Waals surface area contributed by atoms with E-state index in [1.165, 1.54) is 6.26 Å². The SMILES string of the molecule is CCCNc1nc(CS(C)(=O)=O)nc(CC)c1Br. The number of sulfone groups is 1. The third-order valence-corrected chi connectivity index (χ3v) is 3.85. The van der Waals surface area contributed by atoms with Crippen LogP contribution >= 0.6 is 15.9 Å². The fraction of sp³-hybridized carbons (Fsp3) is 0.636. The minimum atomic E-state index is -3.12. The first-order valence-corrected chi connectivity index (χ1v) is 8.69. The highest BCUT2D eigenvalue weighted by Crippen LogP contribution is 2.24. The van der Waals surface area contributed by atoms with E-state index in [2.05, 4.69) is 38.1 Å². The molecular formula is C11H18BrN3O2S. The fourth-order valence-corrected chi connectivity index (χ4v) is 2.63. The number of nitrogens with zero attached hydrogens (tertiary/aromatic N) is 2. The molecule has 7 heteroatoms. The van der Waals surface area contributed by atoms with Gasteiger partial charge in [0, 0.05) is 12.8 Å². The number of rotatable bonds is 6. The number of aryl methyl sites for hydroxylation is 1. The molecule has 1 rings (SSSR count). The van der Waals surface area contributed by atoms with E-state index in [1.807, 2.05) is 6.92 Å². The third kappa shape index (κ3) is 4.53. The van der Waals surface area contributed by atoms with E-state index >= 15 is 0 Å². The number of halogens is 1. The van der Waals surface area contributed by atoms with E-state index in [1.54, 1.807) is 0 Å². The number of hydrogen-bond donors (Lipinski definition) is 1. The monoisotopic (exact) mass is 335 g/mol. The van der Waals surface area contributed by atoms with Crippen LogP contribution in [0.2, 0.25) is 0 Å². The Bertz CT molecular complexity index is 517. The molecule has 5 nitrogen and oxygen atoms in total. The van der Waals surface area contributed by atoms with E-state index in [4.69, 9.17) is 0 Å². The Labute approximate surface area is 116 Å². The Morgan fingerprint density at radius 3 is 2.44 bits per heavy atom. The van der Waals surface area contributed by atoms with E-state index in [0.29, 0.717) is 11.6 Å². The van der Waals surface area contributed by atoms with Gasteiger partial charge >= 0.3 is 0 Å². The molecule has 1 aromatic rings. The van der Waals surface area contributed by atoms with Crippen LogP contribution in [0.15, 0.2) is 4.47 Å². The quantitative estimate of drug-likeness (QED) is 0.862. The van der Waals surface area contributed by atoms with E-state index < -0.39 is 9.84 Å². The summed E-state index contributed by atoms with van der Waals surface area (Å²) in [5, 5.41) is 3.17. The van der Waals surface area contributed by atoms with Crippen LogP contribution in [0.3, 0.4) is 0 Å². The lowest BCUT2D eigenvalue weighted by Crippen LogP contribution is -2.11. The first-order chi connectivity index (χ1) is 8.37. The minimum absolute atomic E-state index is 0.131. The maximum absolute atomic E-state index is 11.3. The summed E-state index contributed by atoms with van der Waals surface area (Å²) in [7, 11) is -3.12. The fourth-order valence-electron chi connectivity index (χ4n) is 1.44. The molecule has 18 heavy (non-hydrogen) atoms. The second-order valence-electron chi connectivity index (χ2n) is 4.10. The number of hydrogen-bond acceptors (Lipinski definition) is 5. The second-order valence-corrected chi connectivity index (χ2v) is 7.03. The van der Waals surface area contributed by atoms with Crippen molar-refractivity contribution in [2.45, 2.75) is 32.4 Å². The Balaban J connectivity index is 3.13. The highest BCUT2D eigenvalue weighted by molar-refractivity contribution is 9.10. The summed E-state index contributed by atoms with van der Waals surface area (Å²) in [6.07, 6.45) is 2.88. The second kappa shape index (κ2) is 6.47. The molecule has 0 fully saturated rings. The van der Waals surface area contributed by atoms with E-state index in [0.717, 1.165) is 29.6 Å². The predicted molar refractivity (Wildman–Crippen MR) is 76.4 cm³/mol. The summed E-state index contributed by atoms with van der Waals surface area (Å²) in [4.78, 5) is 8.52. The molecule has 0 aliphatic heterocycles. The van der Waals surface area contributed by atoms with Crippen LogP contribution in [0.5, 0.6) is 0 Å². The molecule has 0 radical (unpaired) electrons. The summed E-state index contributed by atoms with van der Waals surface area (Å²) in [5.74, 6) is 0.882. The lowest BCUT2D eigenvalue weighted by atomic mass is 10.3. The molecule has 0 aromatic carbocycles. The molecule has 0 unspecified atom stereocenters. The molecule has 1 heterocycles. The number of aromatic nitrogens is 2. The molecule has 1 aromatic heterocycles. The Morgan fingerprint density at radius 2 is 1.94 bits per heavy atom. The molecule has 0 saturated carbocycles. The normalized spacial score (nSPS) is 11.6. The van der Waals surface area contributed by atoms with E-state index in [-0.39, 0.29) is 5.75 Å². The van der Waals surface area contributed by atoms with Gasteiger partial charge in [0.1, 0.15) is 17.4 Å². The van der Waals surface area contributed by atoms with Crippen molar-refractivity contribution in [3.63, 3.8) is 0 Å². The highest BCUT2D eigenvalue weighted by Gasteiger charge is 2.14. The summed E-state index contributed by atoms with van der Waals surface area (Å²) < 4.78 is 23.4. The van der Waals surface area contributed by atoms with Gasteiger partial charge in [0.15, 0.2) is 9.84 Å². The topological polar surface area (TPSA) is 72.0 Å². The molecule has 1 N–H and O–H groups in total. The van der Waals surface area contributed by atoms with Crippen molar-refractivity contribution in [3.8, 4) is 0 Å². The van der Waals surface area contributed by atoms with Crippen molar-refractivity contribution >= 4 is 31.6 Å². The van der Waals surface area contributed by atoms with Crippen LogP contribution in [0, 0.1) is 0 Å². The molecule has 102 valence electrons. The predicted octanol–water partition coefficient (Wildman–Crippen LogP) is 2.17. The molecule has 0 saturated heterocycles. The van der Waals surface area contributed by atoms with Gasteiger partial charge in [-0.05, 0) is 28.8 Å². The molecule has 0 amide bonds. The zero-order valence-electron chi connectivity index (χ0n) is 10.8. The number of anilines is 1. The highest BCUT2D eigenvalue weighted by atomic mass is 79.9. The van der Waals surface area contributed by atoms with Crippen LogP contribution in [-0.2, 0) is 22.0 Å². The van der Waals surface area contributed by atoms with Gasteiger partial charge in [-0.3, -0.25) is 0 Å². The third-order valence-electron chi connectivity index (χ3n) is 2.23. The Hall–Kier alpha value is -0.690. The largest absolute Gasteiger partial charge is 0.369 e. The standard InChI is InChI=1S/C11H18BrN3O2S/c1-4-6-13-11-10(12)8(5-2)14-9(15-11)7-18(3,16)17/h4-7H2,1-3H3,(H,13,14,15).